The van der Waals surface area contributed by atoms with Gasteiger partial charge in [0.05, 0.1) is 12.3 Å². The van der Waals surface area contributed by atoms with E-state index in [1.807, 2.05) is 30.5 Å². The number of nitrogens with one attached hydrogen (secondary N) is 1. The highest BCUT2D eigenvalue weighted by atomic mass is 32.2. The van der Waals surface area contributed by atoms with Crippen molar-refractivity contribution in [1.29, 1.82) is 0 Å². The highest BCUT2D eigenvalue weighted by Gasteiger charge is 2.13. The molecule has 0 spiro atoms. The molecule has 1 aromatic carbocycles. The molecule has 0 radical (unpaired) electrons. The van der Waals surface area contributed by atoms with Gasteiger partial charge in [-0.05, 0) is 24.0 Å². The molecule has 20 heavy (non-hydrogen) atoms. The van der Waals surface area contributed by atoms with E-state index in [1.165, 1.54) is 10.9 Å². The molecular formula is C13H16N4O2S. The zero-order chi connectivity index (χ0) is 14.5. The van der Waals surface area contributed by atoms with Crippen LogP contribution in [0.5, 0.6) is 0 Å². The number of benzene rings is 1. The number of hydrogen-bond acceptors (Lipinski definition) is 5. The minimum Gasteiger partial charge on any atom is -0.387 e. The van der Waals surface area contributed by atoms with Crippen molar-refractivity contribution in [2.24, 2.45) is 7.05 Å². The van der Waals surface area contributed by atoms with Crippen molar-refractivity contribution in [2.75, 3.05) is 12.8 Å². The Morgan fingerprint density at radius 1 is 1.45 bits per heavy atom. The number of rotatable bonds is 5. The summed E-state index contributed by atoms with van der Waals surface area (Å²) in [4.78, 5) is 12.9. The largest absolute Gasteiger partial charge is 0.387 e. The Bertz CT molecular complexity index is 582. The zero-order valence-electron chi connectivity index (χ0n) is 11.3. The van der Waals surface area contributed by atoms with Gasteiger partial charge in [0.2, 0.25) is 0 Å². The summed E-state index contributed by atoms with van der Waals surface area (Å²) in [7, 11) is 1.69. The lowest BCUT2D eigenvalue weighted by atomic mass is 10.1. The van der Waals surface area contributed by atoms with Gasteiger partial charge in [-0.3, -0.25) is 9.48 Å². The lowest BCUT2D eigenvalue weighted by Gasteiger charge is -2.12. The van der Waals surface area contributed by atoms with Crippen LogP contribution in [0.4, 0.5) is 0 Å². The minimum atomic E-state index is -0.744. The summed E-state index contributed by atoms with van der Waals surface area (Å²) in [6.45, 7) is 0.133. The molecule has 6 nitrogen and oxygen atoms in total. The number of aromatic nitrogens is 3. The van der Waals surface area contributed by atoms with Gasteiger partial charge in [0.1, 0.15) is 0 Å². The summed E-state index contributed by atoms with van der Waals surface area (Å²) in [6.07, 6.45) is 2.77. The van der Waals surface area contributed by atoms with Crippen molar-refractivity contribution in [3.63, 3.8) is 0 Å². The molecule has 2 rings (SSSR count). The molecule has 0 unspecified atom stereocenters. The number of amides is 1. The first-order valence-electron chi connectivity index (χ1n) is 6.06. The molecule has 106 valence electrons. The first-order valence-corrected chi connectivity index (χ1v) is 7.29. The monoisotopic (exact) mass is 292 g/mol. The maximum absolute atomic E-state index is 11.8. The van der Waals surface area contributed by atoms with E-state index in [1.54, 1.807) is 18.8 Å². The molecule has 0 saturated carbocycles. The quantitative estimate of drug-likeness (QED) is 0.804. The van der Waals surface area contributed by atoms with E-state index in [9.17, 15) is 9.90 Å². The second-order valence-corrected chi connectivity index (χ2v) is 5.16. The number of aryl methyl sites for hydroxylation is 1. The van der Waals surface area contributed by atoms with Gasteiger partial charge in [-0.25, -0.2) is 0 Å². The molecule has 2 N–H and O–H groups in total. The lowest BCUT2D eigenvalue weighted by molar-refractivity contribution is 0.0911. The Hall–Kier alpha value is -1.86. The second kappa shape index (κ2) is 6.53. The van der Waals surface area contributed by atoms with Gasteiger partial charge in [-0.15, -0.1) is 16.9 Å². The van der Waals surface area contributed by atoms with E-state index in [0.29, 0.717) is 0 Å². The standard InChI is InChI=1S/C13H16N4O2S/c1-17-8-11(15-16-17)13(19)14-7-12(18)9-3-5-10(20-2)6-4-9/h3-6,8,12,18H,7H2,1-2H3,(H,14,19)/t12-/m1/s1. The SMILES string of the molecule is CSc1ccc([C@H](O)CNC(=O)c2cn(C)nn2)cc1. The fourth-order valence-corrected chi connectivity index (χ4v) is 2.08. The van der Waals surface area contributed by atoms with Crippen LogP contribution >= 0.6 is 11.8 Å². The summed E-state index contributed by atoms with van der Waals surface area (Å²) >= 11 is 1.64. The molecule has 1 aromatic heterocycles. The maximum Gasteiger partial charge on any atom is 0.273 e. The minimum absolute atomic E-state index is 0.133. The van der Waals surface area contributed by atoms with Crippen LogP contribution in [0.15, 0.2) is 35.4 Å². The normalized spacial score (nSPS) is 12.2. The second-order valence-electron chi connectivity index (χ2n) is 4.28. The van der Waals surface area contributed by atoms with Crippen LogP contribution in [-0.4, -0.2) is 38.8 Å². The lowest BCUT2D eigenvalue weighted by Crippen LogP contribution is -2.28. The van der Waals surface area contributed by atoms with Crippen LogP contribution in [-0.2, 0) is 7.05 Å². The number of carbonyl (C=O) groups excluding carboxylic acids is 1. The summed E-state index contributed by atoms with van der Waals surface area (Å²) in [5.41, 5.74) is 1.000. The molecule has 1 heterocycles. The molecule has 1 amide bonds. The number of thioether (sulfide) groups is 1. The topological polar surface area (TPSA) is 80.0 Å². The Morgan fingerprint density at radius 2 is 2.15 bits per heavy atom. The Labute approximate surface area is 121 Å². The van der Waals surface area contributed by atoms with Crippen molar-refractivity contribution in [3.05, 3.63) is 41.7 Å². The first-order chi connectivity index (χ1) is 9.60. The fourth-order valence-electron chi connectivity index (χ4n) is 1.68. The average molecular weight is 292 g/mol. The third-order valence-corrected chi connectivity index (χ3v) is 3.54. The average Bonchev–Trinajstić information content (AvgIpc) is 2.91. The van der Waals surface area contributed by atoms with E-state index in [2.05, 4.69) is 15.6 Å². The molecule has 1 atom stereocenters. The van der Waals surface area contributed by atoms with E-state index in [0.717, 1.165) is 10.5 Å². The van der Waals surface area contributed by atoms with Crippen molar-refractivity contribution in [1.82, 2.24) is 20.3 Å². The molecule has 0 bridgehead atoms. The van der Waals surface area contributed by atoms with Crippen LogP contribution in [0.25, 0.3) is 0 Å². The van der Waals surface area contributed by atoms with E-state index >= 15 is 0 Å². The van der Waals surface area contributed by atoms with Gasteiger partial charge >= 0.3 is 0 Å². The van der Waals surface area contributed by atoms with E-state index in [-0.39, 0.29) is 18.1 Å². The Morgan fingerprint density at radius 3 is 2.70 bits per heavy atom. The summed E-state index contributed by atoms with van der Waals surface area (Å²) < 4.78 is 1.45. The molecule has 0 aliphatic carbocycles. The molecular weight excluding hydrogens is 276 g/mol. The van der Waals surface area contributed by atoms with Gasteiger partial charge < -0.3 is 10.4 Å². The number of carbonyl (C=O) groups is 1. The Balaban J connectivity index is 1.91. The van der Waals surface area contributed by atoms with Gasteiger partial charge in [-0.2, -0.15) is 0 Å². The van der Waals surface area contributed by atoms with Gasteiger partial charge in [0.15, 0.2) is 5.69 Å². The summed E-state index contributed by atoms with van der Waals surface area (Å²) in [5.74, 6) is -0.349. The third-order valence-electron chi connectivity index (χ3n) is 2.79. The van der Waals surface area contributed by atoms with E-state index in [4.69, 9.17) is 0 Å². The number of aliphatic hydroxyl groups is 1. The van der Waals surface area contributed by atoms with Crippen LogP contribution in [0.2, 0.25) is 0 Å². The smallest absolute Gasteiger partial charge is 0.273 e. The maximum atomic E-state index is 11.8. The van der Waals surface area contributed by atoms with Crippen LogP contribution in [0.1, 0.15) is 22.2 Å². The summed E-state index contributed by atoms with van der Waals surface area (Å²) in [5, 5.41) is 20.0. The molecule has 0 aliphatic rings. The third kappa shape index (κ3) is 3.58. The molecule has 0 aliphatic heterocycles. The van der Waals surface area contributed by atoms with Crippen LogP contribution in [0, 0.1) is 0 Å². The zero-order valence-corrected chi connectivity index (χ0v) is 12.1. The van der Waals surface area contributed by atoms with Gasteiger partial charge in [-0.1, -0.05) is 17.3 Å². The first kappa shape index (κ1) is 14.5. The van der Waals surface area contributed by atoms with E-state index < -0.39 is 6.10 Å². The fraction of sp³-hybridized carbons (Fsp3) is 0.308. The number of aliphatic hydroxyl groups excluding tert-OH is 1. The van der Waals surface area contributed by atoms with Crippen molar-refractivity contribution < 1.29 is 9.90 Å². The van der Waals surface area contributed by atoms with Crippen molar-refractivity contribution >= 4 is 17.7 Å². The summed E-state index contributed by atoms with van der Waals surface area (Å²) in [6, 6.07) is 7.58. The Kier molecular flexibility index (Phi) is 4.75. The molecule has 0 fully saturated rings. The van der Waals surface area contributed by atoms with Gasteiger partial charge in [0.25, 0.3) is 5.91 Å². The molecule has 7 heteroatoms. The molecule has 2 aromatic rings. The molecule has 0 saturated heterocycles. The highest BCUT2D eigenvalue weighted by Crippen LogP contribution is 2.18. The van der Waals surface area contributed by atoms with Crippen LogP contribution < -0.4 is 5.32 Å². The predicted octanol–water partition coefficient (Wildman–Crippen LogP) is 1.00. The number of hydrogen-bond donors (Lipinski definition) is 2. The predicted molar refractivity (Wildman–Crippen MR) is 76.5 cm³/mol. The van der Waals surface area contributed by atoms with Gasteiger partial charge in [0, 0.05) is 18.5 Å². The van der Waals surface area contributed by atoms with Crippen molar-refractivity contribution in [3.8, 4) is 0 Å². The van der Waals surface area contributed by atoms with Crippen LogP contribution in [0.3, 0.4) is 0 Å². The number of nitrogens with zero attached hydrogens (tertiary/aromatic N) is 3. The highest BCUT2D eigenvalue weighted by molar-refractivity contribution is 7.98. The van der Waals surface area contributed by atoms with Crippen molar-refractivity contribution in [2.45, 2.75) is 11.0 Å².